The van der Waals surface area contributed by atoms with Crippen LogP contribution in [0.3, 0.4) is 0 Å². The summed E-state index contributed by atoms with van der Waals surface area (Å²) in [6.45, 7) is 4.41. The van der Waals surface area contributed by atoms with E-state index in [1.807, 2.05) is 6.20 Å². The van der Waals surface area contributed by atoms with E-state index in [-0.39, 0.29) is 12.4 Å². The van der Waals surface area contributed by atoms with E-state index in [0.29, 0.717) is 0 Å². The van der Waals surface area contributed by atoms with Gasteiger partial charge in [-0.1, -0.05) is 0 Å². The first-order valence-corrected chi connectivity index (χ1v) is 5.99. The molecule has 0 spiro atoms. The van der Waals surface area contributed by atoms with Crippen molar-refractivity contribution >= 4 is 12.4 Å². The maximum Gasteiger partial charge on any atom is 0.0726 e. The number of aromatic nitrogens is 2. The Bertz CT molecular complexity index is 301. The molecule has 0 radical (unpaired) electrons. The summed E-state index contributed by atoms with van der Waals surface area (Å²) >= 11 is 0. The van der Waals surface area contributed by atoms with E-state index < -0.39 is 0 Å². The molecule has 0 aromatic carbocycles. The lowest BCUT2D eigenvalue weighted by Crippen LogP contribution is -2.34. The van der Waals surface area contributed by atoms with E-state index >= 15 is 0 Å². The molecular weight excluding hydrogens is 236 g/mol. The van der Waals surface area contributed by atoms with Crippen LogP contribution in [0.25, 0.3) is 0 Å². The summed E-state index contributed by atoms with van der Waals surface area (Å²) in [6.07, 6.45) is 7.92. The Kier molecular flexibility index (Phi) is 6.40. The standard InChI is InChI=1S/C12H20N4.ClH/c1-16(9-11-2-4-13-5-3-11)10-12-8-14-6-7-15-12;/h6-8,11,13H,2-5,9-10H2,1H3;1H. The van der Waals surface area contributed by atoms with Crippen LogP contribution in [0.15, 0.2) is 18.6 Å². The van der Waals surface area contributed by atoms with Crippen LogP contribution in [-0.4, -0.2) is 41.5 Å². The first-order chi connectivity index (χ1) is 7.84. The third kappa shape index (κ3) is 4.98. The second kappa shape index (κ2) is 7.58. The highest BCUT2D eigenvalue weighted by atomic mass is 35.5. The Morgan fingerprint density at radius 1 is 1.35 bits per heavy atom. The molecule has 1 fully saturated rings. The maximum atomic E-state index is 4.30. The van der Waals surface area contributed by atoms with Crippen molar-refractivity contribution in [2.75, 3.05) is 26.7 Å². The number of nitrogens with one attached hydrogen (secondary N) is 1. The van der Waals surface area contributed by atoms with Gasteiger partial charge in [0.05, 0.1) is 5.69 Å². The zero-order chi connectivity index (χ0) is 11.2. The number of nitrogens with zero attached hydrogens (tertiary/aromatic N) is 3. The minimum Gasteiger partial charge on any atom is -0.317 e. The van der Waals surface area contributed by atoms with Crippen molar-refractivity contribution in [3.05, 3.63) is 24.3 Å². The number of hydrogen-bond acceptors (Lipinski definition) is 4. The van der Waals surface area contributed by atoms with Gasteiger partial charge in [-0.15, -0.1) is 12.4 Å². The van der Waals surface area contributed by atoms with Gasteiger partial charge in [0.15, 0.2) is 0 Å². The molecular formula is C12H21ClN4. The van der Waals surface area contributed by atoms with E-state index in [0.717, 1.165) is 24.7 Å². The van der Waals surface area contributed by atoms with Gasteiger partial charge in [-0.3, -0.25) is 9.97 Å². The molecule has 1 N–H and O–H groups in total. The highest BCUT2D eigenvalue weighted by molar-refractivity contribution is 5.85. The summed E-state index contributed by atoms with van der Waals surface area (Å²) < 4.78 is 0. The van der Waals surface area contributed by atoms with E-state index in [2.05, 4.69) is 27.2 Å². The predicted molar refractivity (Wildman–Crippen MR) is 71.2 cm³/mol. The molecule has 17 heavy (non-hydrogen) atoms. The molecule has 1 aromatic rings. The minimum absolute atomic E-state index is 0. The van der Waals surface area contributed by atoms with Crippen LogP contribution in [0, 0.1) is 5.92 Å². The second-order valence-corrected chi connectivity index (χ2v) is 4.59. The highest BCUT2D eigenvalue weighted by Crippen LogP contribution is 2.13. The molecule has 96 valence electrons. The number of rotatable bonds is 4. The van der Waals surface area contributed by atoms with Crippen LogP contribution in [0.4, 0.5) is 0 Å². The fourth-order valence-electron chi connectivity index (χ4n) is 2.26. The van der Waals surface area contributed by atoms with E-state index in [4.69, 9.17) is 0 Å². The van der Waals surface area contributed by atoms with Crippen LogP contribution in [0.5, 0.6) is 0 Å². The molecule has 2 rings (SSSR count). The average molecular weight is 257 g/mol. The Balaban J connectivity index is 0.00000144. The quantitative estimate of drug-likeness (QED) is 0.883. The van der Waals surface area contributed by atoms with Crippen molar-refractivity contribution in [1.82, 2.24) is 20.2 Å². The van der Waals surface area contributed by atoms with Gasteiger partial charge in [-0.2, -0.15) is 0 Å². The number of hydrogen-bond donors (Lipinski definition) is 1. The first kappa shape index (κ1) is 14.4. The van der Waals surface area contributed by atoms with Crippen molar-refractivity contribution in [2.24, 2.45) is 5.92 Å². The maximum absolute atomic E-state index is 4.30. The van der Waals surface area contributed by atoms with Gasteiger partial charge in [0.25, 0.3) is 0 Å². The number of halogens is 1. The first-order valence-electron chi connectivity index (χ1n) is 5.99. The third-order valence-corrected chi connectivity index (χ3v) is 3.08. The van der Waals surface area contributed by atoms with E-state index in [9.17, 15) is 0 Å². The van der Waals surface area contributed by atoms with Gasteiger partial charge in [-0.05, 0) is 38.9 Å². The molecule has 1 aliphatic heterocycles. The molecule has 1 aliphatic rings. The monoisotopic (exact) mass is 256 g/mol. The molecule has 1 saturated heterocycles. The zero-order valence-electron chi connectivity index (χ0n) is 10.3. The second-order valence-electron chi connectivity index (χ2n) is 4.59. The van der Waals surface area contributed by atoms with Crippen molar-refractivity contribution in [3.8, 4) is 0 Å². The Labute approximate surface area is 109 Å². The molecule has 0 saturated carbocycles. The Hall–Kier alpha value is -0.710. The van der Waals surface area contributed by atoms with Crippen LogP contribution >= 0.6 is 12.4 Å². The van der Waals surface area contributed by atoms with Crippen molar-refractivity contribution in [2.45, 2.75) is 19.4 Å². The van der Waals surface area contributed by atoms with Gasteiger partial charge in [0.1, 0.15) is 0 Å². The molecule has 0 aliphatic carbocycles. The normalized spacial score (nSPS) is 16.8. The molecule has 2 heterocycles. The van der Waals surface area contributed by atoms with Gasteiger partial charge < -0.3 is 10.2 Å². The number of piperidine rings is 1. The largest absolute Gasteiger partial charge is 0.317 e. The molecule has 0 amide bonds. The fraction of sp³-hybridized carbons (Fsp3) is 0.667. The molecule has 4 nitrogen and oxygen atoms in total. The van der Waals surface area contributed by atoms with Gasteiger partial charge in [0.2, 0.25) is 0 Å². The SMILES string of the molecule is CN(Cc1cnccn1)CC1CCNCC1.Cl. The summed E-state index contributed by atoms with van der Waals surface area (Å²) in [5, 5.41) is 3.40. The van der Waals surface area contributed by atoms with Crippen molar-refractivity contribution in [1.29, 1.82) is 0 Å². The van der Waals surface area contributed by atoms with Crippen LogP contribution < -0.4 is 5.32 Å². The third-order valence-electron chi connectivity index (χ3n) is 3.08. The smallest absolute Gasteiger partial charge is 0.0726 e. The zero-order valence-corrected chi connectivity index (χ0v) is 11.1. The molecule has 5 heteroatoms. The topological polar surface area (TPSA) is 41.1 Å². The van der Waals surface area contributed by atoms with Gasteiger partial charge in [-0.25, -0.2) is 0 Å². The predicted octanol–water partition coefficient (Wildman–Crippen LogP) is 1.33. The van der Waals surface area contributed by atoms with Gasteiger partial charge >= 0.3 is 0 Å². The summed E-state index contributed by atoms with van der Waals surface area (Å²) in [7, 11) is 2.16. The lowest BCUT2D eigenvalue weighted by molar-refractivity contribution is 0.232. The van der Waals surface area contributed by atoms with E-state index in [1.165, 1.54) is 25.9 Å². The van der Waals surface area contributed by atoms with Crippen LogP contribution in [-0.2, 0) is 6.54 Å². The van der Waals surface area contributed by atoms with Crippen LogP contribution in [0.2, 0.25) is 0 Å². The van der Waals surface area contributed by atoms with Crippen molar-refractivity contribution in [3.63, 3.8) is 0 Å². The average Bonchev–Trinajstić information content (AvgIpc) is 2.31. The molecule has 0 atom stereocenters. The lowest BCUT2D eigenvalue weighted by Gasteiger charge is -2.27. The summed E-state index contributed by atoms with van der Waals surface area (Å²) in [5.74, 6) is 0.836. The van der Waals surface area contributed by atoms with E-state index in [1.54, 1.807) is 12.4 Å². The van der Waals surface area contributed by atoms with Gasteiger partial charge in [0, 0.05) is 31.7 Å². The fourth-order valence-corrected chi connectivity index (χ4v) is 2.26. The summed E-state index contributed by atoms with van der Waals surface area (Å²) in [4.78, 5) is 10.7. The molecule has 0 unspecified atom stereocenters. The van der Waals surface area contributed by atoms with Crippen LogP contribution in [0.1, 0.15) is 18.5 Å². The highest BCUT2D eigenvalue weighted by Gasteiger charge is 2.15. The summed E-state index contributed by atoms with van der Waals surface area (Å²) in [6, 6.07) is 0. The van der Waals surface area contributed by atoms with Crippen molar-refractivity contribution < 1.29 is 0 Å². The lowest BCUT2D eigenvalue weighted by atomic mass is 9.98. The molecule has 1 aromatic heterocycles. The Morgan fingerprint density at radius 2 is 2.12 bits per heavy atom. The molecule has 0 bridgehead atoms. The minimum atomic E-state index is 0. The Morgan fingerprint density at radius 3 is 2.76 bits per heavy atom. The summed E-state index contributed by atoms with van der Waals surface area (Å²) in [5.41, 5.74) is 1.05.